The van der Waals surface area contributed by atoms with Crippen molar-refractivity contribution < 1.29 is 18.0 Å². The van der Waals surface area contributed by atoms with Crippen molar-refractivity contribution in [3.05, 3.63) is 18.2 Å². The van der Waals surface area contributed by atoms with Gasteiger partial charge in [-0.1, -0.05) is 0 Å². The van der Waals surface area contributed by atoms with E-state index in [1.165, 1.54) is 17.1 Å². The Balaban J connectivity index is 3.05. The molecule has 4 nitrogen and oxygen atoms in total. The smallest absolute Gasteiger partial charge is 0.340 e. The summed E-state index contributed by atoms with van der Waals surface area (Å²) in [6.45, 7) is 0.629. The topological polar surface area (TPSA) is 60.9 Å². The molecule has 0 aliphatic rings. The minimum atomic E-state index is -4.79. The quantitative estimate of drug-likeness (QED) is 0.754. The first-order valence-electron chi connectivity index (χ1n) is 4.04. The van der Waals surface area contributed by atoms with Crippen LogP contribution >= 0.6 is 0 Å². The molecule has 0 saturated heterocycles. The highest BCUT2D eigenvalue weighted by Gasteiger charge is 2.54. The number of halogens is 3. The summed E-state index contributed by atoms with van der Waals surface area (Å²) in [5, 5.41) is 0. The average molecular weight is 221 g/mol. The van der Waals surface area contributed by atoms with E-state index in [9.17, 15) is 18.0 Å². The lowest BCUT2D eigenvalue weighted by Gasteiger charge is -2.24. The first kappa shape index (κ1) is 11.7. The van der Waals surface area contributed by atoms with Crippen LogP contribution in [0.15, 0.2) is 12.5 Å². The molecular weight excluding hydrogens is 211 g/mol. The van der Waals surface area contributed by atoms with Gasteiger partial charge in [0, 0.05) is 13.2 Å². The molecule has 1 atom stereocenters. The summed E-state index contributed by atoms with van der Waals surface area (Å²) < 4.78 is 38.6. The molecule has 0 bridgehead atoms. The number of hydrogen-bond donors (Lipinski definition) is 1. The molecule has 84 valence electrons. The minimum Gasteiger partial charge on any atom is -0.340 e. The fourth-order valence-electron chi connectivity index (χ4n) is 0.925. The monoisotopic (exact) mass is 221 g/mol. The Morgan fingerprint density at radius 1 is 1.53 bits per heavy atom. The minimum absolute atomic E-state index is 0.292. The lowest BCUT2D eigenvalue weighted by atomic mass is 9.95. The number of nitrogens with zero attached hydrogens (tertiary/aromatic N) is 2. The molecule has 0 amide bonds. The second-order valence-electron chi connectivity index (χ2n) is 3.45. The molecule has 15 heavy (non-hydrogen) atoms. The number of aromatic nitrogens is 2. The van der Waals surface area contributed by atoms with E-state index in [1.54, 1.807) is 7.05 Å². The molecule has 0 radical (unpaired) electrons. The van der Waals surface area contributed by atoms with Gasteiger partial charge in [0.1, 0.15) is 5.69 Å². The van der Waals surface area contributed by atoms with Gasteiger partial charge < -0.3 is 10.3 Å². The first-order valence-corrected chi connectivity index (χ1v) is 4.04. The lowest BCUT2D eigenvalue weighted by Crippen LogP contribution is -2.57. The van der Waals surface area contributed by atoms with E-state index in [-0.39, 0.29) is 5.69 Å². The highest BCUT2D eigenvalue weighted by molar-refractivity contribution is 6.01. The summed E-state index contributed by atoms with van der Waals surface area (Å²) in [7, 11) is 1.55. The molecular formula is C8H10F3N3O. The third-order valence-electron chi connectivity index (χ3n) is 2.00. The van der Waals surface area contributed by atoms with Crippen molar-refractivity contribution in [3.8, 4) is 0 Å². The number of rotatable bonds is 2. The Morgan fingerprint density at radius 3 is 2.40 bits per heavy atom. The molecule has 1 unspecified atom stereocenters. The predicted molar refractivity (Wildman–Crippen MR) is 46.2 cm³/mol. The second-order valence-corrected chi connectivity index (χ2v) is 3.45. The number of carbonyl (C=O) groups excluding carboxylic acids is 1. The molecule has 1 heterocycles. The molecule has 1 aromatic rings. The SMILES string of the molecule is Cn1cnc(C(=O)C(C)(N)C(F)(F)F)c1. The average Bonchev–Trinajstić information content (AvgIpc) is 2.48. The molecule has 7 heteroatoms. The largest absolute Gasteiger partial charge is 0.413 e. The Hall–Kier alpha value is -1.37. The van der Waals surface area contributed by atoms with Crippen LogP contribution in [0, 0.1) is 0 Å². The van der Waals surface area contributed by atoms with Crippen LogP contribution in [-0.2, 0) is 7.05 Å². The Bertz CT molecular complexity index is 381. The van der Waals surface area contributed by atoms with Crippen molar-refractivity contribution in [1.29, 1.82) is 0 Å². The van der Waals surface area contributed by atoms with Crippen molar-refractivity contribution >= 4 is 5.78 Å². The number of alkyl halides is 3. The molecule has 0 spiro atoms. The van der Waals surface area contributed by atoms with E-state index in [0.717, 1.165) is 0 Å². The van der Waals surface area contributed by atoms with Crippen LogP contribution in [0.4, 0.5) is 13.2 Å². The summed E-state index contributed by atoms with van der Waals surface area (Å²) in [6, 6.07) is 0. The Morgan fingerprint density at radius 2 is 2.07 bits per heavy atom. The van der Waals surface area contributed by atoms with Gasteiger partial charge in [0.25, 0.3) is 0 Å². The maximum Gasteiger partial charge on any atom is 0.413 e. The van der Waals surface area contributed by atoms with Gasteiger partial charge in [0.05, 0.1) is 6.33 Å². The highest BCUT2D eigenvalue weighted by atomic mass is 19.4. The van der Waals surface area contributed by atoms with Gasteiger partial charge in [-0.05, 0) is 6.92 Å². The molecule has 1 aromatic heterocycles. The zero-order chi connectivity index (χ0) is 11.9. The van der Waals surface area contributed by atoms with Crippen LogP contribution < -0.4 is 5.73 Å². The van der Waals surface area contributed by atoms with E-state index >= 15 is 0 Å². The third kappa shape index (κ3) is 2.01. The van der Waals surface area contributed by atoms with Crippen molar-refractivity contribution in [3.63, 3.8) is 0 Å². The van der Waals surface area contributed by atoms with Crippen LogP contribution in [0.25, 0.3) is 0 Å². The summed E-state index contributed by atoms with van der Waals surface area (Å²) in [5.74, 6) is -1.24. The molecule has 0 fully saturated rings. The fraction of sp³-hybridized carbons (Fsp3) is 0.500. The maximum atomic E-state index is 12.4. The number of Topliss-reactive ketones (excluding diaryl/α,β-unsaturated/α-hetero) is 1. The van der Waals surface area contributed by atoms with Gasteiger partial charge in [0.15, 0.2) is 5.54 Å². The molecule has 1 rings (SSSR count). The molecule has 0 saturated carbocycles. The van der Waals surface area contributed by atoms with Crippen LogP contribution in [-0.4, -0.2) is 27.0 Å². The number of ketones is 1. The Labute approximate surface area is 83.9 Å². The summed E-state index contributed by atoms with van der Waals surface area (Å²) in [5.41, 5.74) is 1.76. The Kier molecular flexibility index (Phi) is 2.60. The van der Waals surface area contributed by atoms with E-state index < -0.39 is 17.5 Å². The maximum absolute atomic E-state index is 12.4. The predicted octanol–water partition coefficient (Wildman–Crippen LogP) is 0.882. The van der Waals surface area contributed by atoms with Crippen LogP contribution in [0.2, 0.25) is 0 Å². The summed E-state index contributed by atoms with van der Waals surface area (Å²) in [6.07, 6.45) is -2.36. The standard InChI is InChI=1S/C8H10F3N3O/c1-7(12,8(9,10)11)6(15)5-3-14(2)4-13-5/h3-4H,12H2,1-2H3. The van der Waals surface area contributed by atoms with Crippen molar-refractivity contribution in [1.82, 2.24) is 9.55 Å². The van der Waals surface area contributed by atoms with Gasteiger partial charge >= 0.3 is 6.18 Å². The first-order chi connectivity index (χ1) is 6.66. The van der Waals surface area contributed by atoms with E-state index in [2.05, 4.69) is 4.98 Å². The number of hydrogen-bond acceptors (Lipinski definition) is 3. The van der Waals surface area contributed by atoms with Crippen molar-refractivity contribution in [2.75, 3.05) is 0 Å². The van der Waals surface area contributed by atoms with Gasteiger partial charge in [-0.15, -0.1) is 0 Å². The van der Waals surface area contributed by atoms with Gasteiger partial charge in [-0.25, -0.2) is 4.98 Å². The number of aryl methyl sites for hydroxylation is 1. The fourth-order valence-corrected chi connectivity index (χ4v) is 0.925. The molecule has 0 aliphatic heterocycles. The van der Waals surface area contributed by atoms with E-state index in [1.807, 2.05) is 0 Å². The zero-order valence-corrected chi connectivity index (χ0v) is 8.17. The number of nitrogens with two attached hydrogens (primary N) is 1. The molecule has 2 N–H and O–H groups in total. The van der Waals surface area contributed by atoms with Crippen molar-refractivity contribution in [2.24, 2.45) is 12.8 Å². The van der Waals surface area contributed by atoms with E-state index in [0.29, 0.717) is 6.92 Å². The van der Waals surface area contributed by atoms with Crippen LogP contribution in [0.1, 0.15) is 17.4 Å². The highest BCUT2D eigenvalue weighted by Crippen LogP contribution is 2.30. The second kappa shape index (κ2) is 3.34. The number of carbonyl (C=O) groups is 1. The van der Waals surface area contributed by atoms with Gasteiger partial charge in [-0.3, -0.25) is 4.79 Å². The van der Waals surface area contributed by atoms with Crippen molar-refractivity contribution in [2.45, 2.75) is 18.6 Å². The summed E-state index contributed by atoms with van der Waals surface area (Å²) >= 11 is 0. The number of imidazole rings is 1. The van der Waals surface area contributed by atoms with Crippen LogP contribution in [0.3, 0.4) is 0 Å². The lowest BCUT2D eigenvalue weighted by molar-refractivity contribution is -0.166. The summed E-state index contributed by atoms with van der Waals surface area (Å²) in [4.78, 5) is 14.9. The van der Waals surface area contributed by atoms with Gasteiger partial charge in [0.2, 0.25) is 5.78 Å². The zero-order valence-electron chi connectivity index (χ0n) is 8.17. The van der Waals surface area contributed by atoms with E-state index in [4.69, 9.17) is 5.73 Å². The van der Waals surface area contributed by atoms with Crippen LogP contribution in [0.5, 0.6) is 0 Å². The third-order valence-corrected chi connectivity index (χ3v) is 2.00. The normalized spacial score (nSPS) is 16.1. The molecule has 0 aliphatic carbocycles. The van der Waals surface area contributed by atoms with Gasteiger partial charge in [-0.2, -0.15) is 13.2 Å². The molecule has 0 aromatic carbocycles.